The summed E-state index contributed by atoms with van der Waals surface area (Å²) in [5.74, 6) is -0.936. The first-order valence-electron chi connectivity index (χ1n) is 7.67. The van der Waals surface area contributed by atoms with Crippen molar-refractivity contribution >= 4 is 40.7 Å². The summed E-state index contributed by atoms with van der Waals surface area (Å²) in [6.07, 6.45) is -0.913. The van der Waals surface area contributed by atoms with Gasteiger partial charge in [0.2, 0.25) is 0 Å². The van der Waals surface area contributed by atoms with Crippen LogP contribution in [0.15, 0.2) is 0 Å². The van der Waals surface area contributed by atoms with Crippen molar-refractivity contribution in [3.63, 3.8) is 0 Å². The summed E-state index contributed by atoms with van der Waals surface area (Å²) in [6.45, 7) is 7.13. The fourth-order valence-electron chi connectivity index (χ4n) is 2.85. The Balaban J connectivity index is 2.25. The Morgan fingerprint density at radius 3 is 2.57 bits per heavy atom. The summed E-state index contributed by atoms with van der Waals surface area (Å²) < 4.78 is 15.7. The first-order chi connectivity index (χ1) is 10.6. The molecule has 1 aliphatic heterocycles. The smallest absolute Gasteiger partial charge is 0.420 e. The maximum Gasteiger partial charge on any atom is 0.420 e. The monoisotopic (exact) mass is 439 g/mol. The molecule has 2 rings (SSSR count). The zero-order chi connectivity index (χ0) is 17.4. The van der Waals surface area contributed by atoms with Crippen molar-refractivity contribution < 1.29 is 28.6 Å². The standard InChI is InChI=1S/C15H22INO6/c1-5-21-12(18)8-6-9(16)11-7-10(8)17(13(19)22-11)14(20)23-15(2,3)4/h8-11H,5-7H2,1-4H3/t8-,9+,10-,11+/m0/s1. The number of hydrogen-bond acceptors (Lipinski definition) is 6. The fraction of sp³-hybridized carbons (Fsp3) is 0.800. The minimum Gasteiger partial charge on any atom is -0.466 e. The van der Waals surface area contributed by atoms with Crippen LogP contribution in [0.3, 0.4) is 0 Å². The number of amides is 2. The molecule has 0 N–H and O–H groups in total. The Kier molecular flexibility index (Phi) is 5.42. The number of rotatable bonds is 2. The summed E-state index contributed by atoms with van der Waals surface area (Å²) in [7, 11) is 0. The van der Waals surface area contributed by atoms with Crippen molar-refractivity contribution in [2.75, 3.05) is 6.61 Å². The summed E-state index contributed by atoms with van der Waals surface area (Å²) in [4.78, 5) is 37.8. The lowest BCUT2D eigenvalue weighted by molar-refractivity contribution is -0.154. The van der Waals surface area contributed by atoms with Crippen LogP contribution in [0.2, 0.25) is 0 Å². The molecular weight excluding hydrogens is 417 g/mol. The average Bonchev–Trinajstić information content (AvgIpc) is 2.40. The number of nitrogens with zero attached hydrogens (tertiary/aromatic N) is 1. The third-order valence-corrected chi connectivity index (χ3v) is 5.09. The van der Waals surface area contributed by atoms with E-state index in [2.05, 4.69) is 22.6 Å². The molecular formula is C15H22INO6. The Hall–Kier alpha value is -1.06. The van der Waals surface area contributed by atoms with Crippen LogP contribution in [0.5, 0.6) is 0 Å². The fourth-order valence-corrected chi connectivity index (χ4v) is 3.84. The van der Waals surface area contributed by atoms with Crippen LogP contribution in [-0.2, 0) is 19.0 Å². The number of alkyl halides is 1. The topological polar surface area (TPSA) is 82.1 Å². The third-order valence-electron chi connectivity index (χ3n) is 3.78. The summed E-state index contributed by atoms with van der Waals surface area (Å²) in [5, 5.41) is 0. The Bertz CT molecular complexity index is 503. The van der Waals surface area contributed by atoms with Crippen LogP contribution in [0, 0.1) is 5.92 Å². The molecule has 1 aliphatic carbocycles. The molecule has 0 aromatic rings. The van der Waals surface area contributed by atoms with Gasteiger partial charge in [-0.05, 0) is 34.1 Å². The SMILES string of the molecule is CCOC(=O)[C@H]1C[C@@H](I)[C@H]2C[C@@H]1N(C(=O)OC(C)(C)C)C(=O)O2. The number of carbonyl (C=O) groups is 3. The van der Waals surface area contributed by atoms with Gasteiger partial charge in [0.25, 0.3) is 0 Å². The van der Waals surface area contributed by atoms with Gasteiger partial charge in [-0.1, -0.05) is 22.6 Å². The van der Waals surface area contributed by atoms with Gasteiger partial charge in [-0.15, -0.1) is 0 Å². The van der Waals surface area contributed by atoms with Crippen LogP contribution in [0.1, 0.15) is 40.5 Å². The minimum atomic E-state index is -0.785. The lowest BCUT2D eigenvalue weighted by Crippen LogP contribution is -2.61. The van der Waals surface area contributed by atoms with Gasteiger partial charge in [0.15, 0.2) is 0 Å². The lowest BCUT2D eigenvalue weighted by Gasteiger charge is -2.46. The van der Waals surface area contributed by atoms with Gasteiger partial charge < -0.3 is 14.2 Å². The summed E-state index contributed by atoms with van der Waals surface area (Å²) in [5.41, 5.74) is -0.742. The molecule has 0 aromatic heterocycles. The molecule has 2 bridgehead atoms. The van der Waals surface area contributed by atoms with E-state index in [1.807, 2.05) is 0 Å². The first kappa shape index (κ1) is 18.3. The van der Waals surface area contributed by atoms with E-state index in [4.69, 9.17) is 14.2 Å². The predicted molar refractivity (Wildman–Crippen MR) is 89.3 cm³/mol. The van der Waals surface area contributed by atoms with E-state index in [1.165, 1.54) is 0 Å². The third kappa shape index (κ3) is 4.07. The van der Waals surface area contributed by atoms with Crippen molar-refractivity contribution in [3.05, 3.63) is 0 Å². The molecule has 1 saturated carbocycles. The van der Waals surface area contributed by atoms with E-state index in [9.17, 15) is 14.4 Å². The zero-order valence-electron chi connectivity index (χ0n) is 13.7. The molecule has 130 valence electrons. The highest BCUT2D eigenvalue weighted by molar-refractivity contribution is 14.1. The van der Waals surface area contributed by atoms with Crippen molar-refractivity contribution in [2.45, 2.75) is 62.2 Å². The second-order valence-electron chi connectivity index (χ2n) is 6.69. The molecule has 23 heavy (non-hydrogen) atoms. The molecule has 0 unspecified atom stereocenters. The number of carbonyl (C=O) groups excluding carboxylic acids is 3. The predicted octanol–water partition coefficient (Wildman–Crippen LogP) is 2.89. The molecule has 0 aromatic carbocycles. The van der Waals surface area contributed by atoms with Gasteiger partial charge in [0.1, 0.15) is 11.7 Å². The van der Waals surface area contributed by atoms with Crippen LogP contribution >= 0.6 is 22.6 Å². The molecule has 0 spiro atoms. The van der Waals surface area contributed by atoms with Gasteiger partial charge in [-0.25, -0.2) is 14.5 Å². The van der Waals surface area contributed by atoms with Crippen LogP contribution in [0.4, 0.5) is 9.59 Å². The molecule has 8 heteroatoms. The molecule has 4 atom stereocenters. The zero-order valence-corrected chi connectivity index (χ0v) is 15.9. The average molecular weight is 439 g/mol. The quantitative estimate of drug-likeness (QED) is 0.285. The van der Waals surface area contributed by atoms with Gasteiger partial charge in [0.05, 0.1) is 18.6 Å². The van der Waals surface area contributed by atoms with E-state index >= 15 is 0 Å². The molecule has 2 aliphatic rings. The van der Waals surface area contributed by atoms with Crippen molar-refractivity contribution in [1.82, 2.24) is 4.90 Å². The second kappa shape index (κ2) is 6.82. The van der Waals surface area contributed by atoms with Crippen LogP contribution in [0.25, 0.3) is 0 Å². The van der Waals surface area contributed by atoms with Crippen molar-refractivity contribution in [2.24, 2.45) is 5.92 Å². The maximum absolute atomic E-state index is 12.4. The Morgan fingerprint density at radius 1 is 1.35 bits per heavy atom. The van der Waals surface area contributed by atoms with Gasteiger partial charge >= 0.3 is 18.2 Å². The maximum atomic E-state index is 12.4. The normalized spacial score (nSPS) is 30.5. The van der Waals surface area contributed by atoms with E-state index in [0.29, 0.717) is 12.8 Å². The molecule has 1 heterocycles. The highest BCUT2D eigenvalue weighted by Gasteiger charge is 2.52. The number of esters is 1. The molecule has 7 nitrogen and oxygen atoms in total. The van der Waals surface area contributed by atoms with Gasteiger partial charge in [0, 0.05) is 10.3 Å². The Morgan fingerprint density at radius 2 is 2.00 bits per heavy atom. The Labute approximate surface area is 149 Å². The van der Waals surface area contributed by atoms with Crippen LogP contribution < -0.4 is 0 Å². The van der Waals surface area contributed by atoms with Crippen LogP contribution in [-0.4, -0.2) is 51.3 Å². The number of ether oxygens (including phenoxy) is 3. The van der Waals surface area contributed by atoms with E-state index in [1.54, 1.807) is 27.7 Å². The molecule has 2 amide bonds. The number of fused-ring (bicyclic) bond motifs is 2. The number of halogens is 1. The van der Waals surface area contributed by atoms with E-state index in [-0.39, 0.29) is 22.6 Å². The van der Waals surface area contributed by atoms with Crippen molar-refractivity contribution in [1.29, 1.82) is 0 Å². The van der Waals surface area contributed by atoms with Gasteiger partial charge in [-0.2, -0.15) is 0 Å². The molecule has 2 fully saturated rings. The van der Waals surface area contributed by atoms with E-state index in [0.717, 1.165) is 4.90 Å². The first-order valence-corrected chi connectivity index (χ1v) is 8.92. The van der Waals surface area contributed by atoms with E-state index < -0.39 is 29.7 Å². The highest BCUT2D eigenvalue weighted by atomic mass is 127. The molecule has 1 saturated heterocycles. The minimum absolute atomic E-state index is 0.0167. The van der Waals surface area contributed by atoms with Gasteiger partial charge in [-0.3, -0.25) is 4.79 Å². The number of imide groups is 1. The van der Waals surface area contributed by atoms with Crippen molar-refractivity contribution in [3.8, 4) is 0 Å². The number of hydrogen-bond donors (Lipinski definition) is 0. The molecule has 0 radical (unpaired) electrons. The highest BCUT2D eigenvalue weighted by Crippen LogP contribution is 2.39. The summed E-state index contributed by atoms with van der Waals surface area (Å²) in [6, 6.07) is -0.582. The second-order valence-corrected chi connectivity index (χ2v) is 8.29. The lowest BCUT2D eigenvalue weighted by atomic mass is 9.81. The summed E-state index contributed by atoms with van der Waals surface area (Å²) >= 11 is 2.18. The largest absolute Gasteiger partial charge is 0.466 e.